The van der Waals surface area contributed by atoms with Gasteiger partial charge in [-0.3, -0.25) is 4.79 Å². The second kappa shape index (κ2) is 5.15. The Hall–Kier alpha value is -2.04. The number of hydrogen-bond donors (Lipinski definition) is 1. The number of carbonyl (C=O) groups excluding carboxylic acids is 1. The molecule has 1 aromatic rings. The fraction of sp³-hybridized carbons (Fsp3) is 0.467. The second-order valence-electron chi connectivity index (χ2n) is 5.13. The average Bonchev–Trinajstić information content (AvgIpc) is 2.42. The van der Waals surface area contributed by atoms with Crippen molar-refractivity contribution in [3.63, 3.8) is 0 Å². The van der Waals surface area contributed by atoms with Crippen molar-refractivity contribution in [1.29, 1.82) is 0 Å². The van der Waals surface area contributed by atoms with Gasteiger partial charge in [-0.1, -0.05) is 6.92 Å². The lowest BCUT2D eigenvalue weighted by Gasteiger charge is -2.25. The largest absolute Gasteiger partial charge is 0.507 e. The first kappa shape index (κ1) is 14.4. The first-order valence-electron chi connectivity index (χ1n) is 6.68. The molecule has 1 N–H and O–H groups in total. The van der Waals surface area contributed by atoms with Crippen LogP contribution in [0.15, 0.2) is 10.4 Å². The van der Waals surface area contributed by atoms with E-state index in [0.717, 1.165) is 5.56 Å². The molecule has 0 fully saturated rings. The molecule has 0 bridgehead atoms. The molecular weight excluding hydrogens is 258 g/mol. The van der Waals surface area contributed by atoms with E-state index in [1.165, 1.54) is 4.57 Å². The summed E-state index contributed by atoms with van der Waals surface area (Å²) in [5, 5.41) is 10.2. The molecule has 5 nitrogen and oxygen atoms in total. The molecule has 1 aliphatic rings. The molecule has 1 heterocycles. The molecule has 1 unspecified atom stereocenters. The summed E-state index contributed by atoms with van der Waals surface area (Å²) in [5.41, 5.74) is 1.92. The van der Waals surface area contributed by atoms with E-state index in [0.29, 0.717) is 29.9 Å². The molecular formula is C15H19NO4. The molecule has 0 saturated heterocycles. The lowest BCUT2D eigenvalue weighted by molar-refractivity contribution is -0.138. The number of fused-ring (bicyclic) bond motifs is 1. The SMILES string of the molecule is CCOC(=O)C1=Cc2c(c(O)c(C)c(=O)n2C)C(C)C1. The molecule has 5 heteroatoms. The number of carbonyl (C=O) groups is 1. The molecule has 1 atom stereocenters. The van der Waals surface area contributed by atoms with Crippen molar-refractivity contribution in [2.75, 3.05) is 6.61 Å². The van der Waals surface area contributed by atoms with E-state index in [1.54, 1.807) is 27.0 Å². The van der Waals surface area contributed by atoms with Crippen LogP contribution in [0.5, 0.6) is 5.75 Å². The summed E-state index contributed by atoms with van der Waals surface area (Å²) in [4.78, 5) is 23.9. The normalized spacial score (nSPS) is 17.4. The number of aromatic hydroxyl groups is 1. The van der Waals surface area contributed by atoms with Gasteiger partial charge >= 0.3 is 5.97 Å². The van der Waals surface area contributed by atoms with Gasteiger partial charge in [0.25, 0.3) is 5.56 Å². The van der Waals surface area contributed by atoms with Crippen LogP contribution in [-0.4, -0.2) is 22.2 Å². The third kappa shape index (κ3) is 2.13. The van der Waals surface area contributed by atoms with Crippen LogP contribution in [0, 0.1) is 6.92 Å². The molecule has 0 aromatic carbocycles. The summed E-state index contributed by atoms with van der Waals surface area (Å²) < 4.78 is 6.48. The van der Waals surface area contributed by atoms with Crippen LogP contribution in [0.1, 0.15) is 43.0 Å². The van der Waals surface area contributed by atoms with Crippen molar-refractivity contribution in [2.45, 2.75) is 33.1 Å². The predicted molar refractivity (Wildman–Crippen MR) is 75.7 cm³/mol. The first-order chi connectivity index (χ1) is 9.38. The van der Waals surface area contributed by atoms with Gasteiger partial charge in [0.1, 0.15) is 5.75 Å². The summed E-state index contributed by atoms with van der Waals surface area (Å²) in [6, 6.07) is 0. The third-order valence-electron chi connectivity index (χ3n) is 3.74. The van der Waals surface area contributed by atoms with E-state index >= 15 is 0 Å². The van der Waals surface area contributed by atoms with Crippen molar-refractivity contribution >= 4 is 12.0 Å². The Morgan fingerprint density at radius 3 is 2.80 bits per heavy atom. The van der Waals surface area contributed by atoms with Crippen molar-refractivity contribution in [3.05, 3.63) is 32.7 Å². The minimum atomic E-state index is -0.363. The number of esters is 1. The minimum Gasteiger partial charge on any atom is -0.507 e. The molecule has 1 aliphatic carbocycles. The van der Waals surface area contributed by atoms with Crippen molar-refractivity contribution in [1.82, 2.24) is 4.57 Å². The summed E-state index contributed by atoms with van der Waals surface area (Å²) in [6.07, 6.45) is 2.14. The van der Waals surface area contributed by atoms with Gasteiger partial charge in [0.2, 0.25) is 0 Å². The van der Waals surface area contributed by atoms with Gasteiger partial charge in [-0.15, -0.1) is 0 Å². The lowest BCUT2D eigenvalue weighted by Crippen LogP contribution is -2.26. The van der Waals surface area contributed by atoms with Gasteiger partial charge in [0.15, 0.2) is 0 Å². The molecule has 0 spiro atoms. The molecule has 0 saturated carbocycles. The standard InChI is InChI=1S/C15H19NO4/c1-5-20-15(19)10-6-8(2)12-11(7-10)16(4)14(18)9(3)13(12)17/h7-8,17H,5-6H2,1-4H3. The highest BCUT2D eigenvalue weighted by Crippen LogP contribution is 2.39. The molecule has 2 rings (SSSR count). The van der Waals surface area contributed by atoms with Crippen LogP contribution >= 0.6 is 0 Å². The quantitative estimate of drug-likeness (QED) is 0.838. The molecule has 0 radical (unpaired) electrons. The van der Waals surface area contributed by atoms with Gasteiger partial charge in [0, 0.05) is 18.2 Å². The Morgan fingerprint density at radius 2 is 2.20 bits per heavy atom. The summed E-state index contributed by atoms with van der Waals surface area (Å²) >= 11 is 0. The van der Waals surface area contributed by atoms with Gasteiger partial charge in [-0.25, -0.2) is 4.79 Å². The zero-order valence-electron chi connectivity index (χ0n) is 12.2. The van der Waals surface area contributed by atoms with Crippen molar-refractivity contribution < 1.29 is 14.6 Å². The van der Waals surface area contributed by atoms with Crippen LogP contribution < -0.4 is 5.56 Å². The molecule has 1 aromatic heterocycles. The van der Waals surface area contributed by atoms with Crippen LogP contribution in [0.4, 0.5) is 0 Å². The Morgan fingerprint density at radius 1 is 1.55 bits per heavy atom. The molecule has 0 aliphatic heterocycles. The molecule has 20 heavy (non-hydrogen) atoms. The monoisotopic (exact) mass is 277 g/mol. The Bertz CT molecular complexity index is 655. The Kier molecular flexibility index (Phi) is 3.70. The maximum absolute atomic E-state index is 12.0. The first-order valence-corrected chi connectivity index (χ1v) is 6.68. The highest BCUT2D eigenvalue weighted by Gasteiger charge is 2.28. The maximum Gasteiger partial charge on any atom is 0.334 e. The highest BCUT2D eigenvalue weighted by atomic mass is 16.5. The van der Waals surface area contributed by atoms with Gasteiger partial charge in [-0.05, 0) is 32.3 Å². The number of aromatic nitrogens is 1. The predicted octanol–water partition coefficient (Wildman–Crippen LogP) is 1.85. The van der Waals surface area contributed by atoms with E-state index in [9.17, 15) is 14.7 Å². The zero-order valence-corrected chi connectivity index (χ0v) is 12.2. The summed E-state index contributed by atoms with van der Waals surface area (Å²) in [6.45, 7) is 5.60. The van der Waals surface area contributed by atoms with Crippen LogP contribution in [0.25, 0.3) is 6.08 Å². The Balaban J connectivity index is 2.66. The number of hydrogen-bond acceptors (Lipinski definition) is 4. The van der Waals surface area contributed by atoms with Gasteiger partial charge in [0.05, 0.1) is 17.9 Å². The van der Waals surface area contributed by atoms with E-state index < -0.39 is 0 Å². The zero-order chi connectivity index (χ0) is 15.0. The van der Waals surface area contributed by atoms with Crippen molar-refractivity contribution in [3.8, 4) is 5.75 Å². The summed E-state index contributed by atoms with van der Waals surface area (Å²) in [7, 11) is 1.64. The number of nitrogens with zero attached hydrogens (tertiary/aromatic N) is 1. The van der Waals surface area contributed by atoms with Gasteiger partial charge < -0.3 is 14.4 Å². The topological polar surface area (TPSA) is 68.5 Å². The number of rotatable bonds is 2. The number of pyridine rings is 1. The highest BCUT2D eigenvalue weighted by molar-refractivity contribution is 5.94. The van der Waals surface area contributed by atoms with E-state index in [-0.39, 0.29) is 23.2 Å². The maximum atomic E-state index is 12.0. The smallest absolute Gasteiger partial charge is 0.334 e. The average molecular weight is 277 g/mol. The third-order valence-corrected chi connectivity index (χ3v) is 3.74. The Labute approximate surface area is 117 Å². The van der Waals surface area contributed by atoms with Gasteiger partial charge in [-0.2, -0.15) is 0 Å². The second-order valence-corrected chi connectivity index (χ2v) is 5.13. The summed E-state index contributed by atoms with van der Waals surface area (Å²) in [5.74, 6) is -0.368. The fourth-order valence-corrected chi connectivity index (χ4v) is 2.65. The van der Waals surface area contributed by atoms with E-state index in [4.69, 9.17) is 4.74 Å². The molecule has 108 valence electrons. The molecule has 0 amide bonds. The van der Waals surface area contributed by atoms with E-state index in [1.807, 2.05) is 6.92 Å². The lowest BCUT2D eigenvalue weighted by atomic mass is 9.85. The van der Waals surface area contributed by atoms with E-state index in [2.05, 4.69) is 0 Å². The fourth-order valence-electron chi connectivity index (χ4n) is 2.65. The number of ether oxygens (including phenoxy) is 1. The minimum absolute atomic E-state index is 0.0368. The van der Waals surface area contributed by atoms with Crippen molar-refractivity contribution in [2.24, 2.45) is 7.05 Å². The van der Waals surface area contributed by atoms with Crippen LogP contribution in [0.2, 0.25) is 0 Å². The van der Waals surface area contributed by atoms with Crippen LogP contribution in [0.3, 0.4) is 0 Å². The van der Waals surface area contributed by atoms with Crippen LogP contribution in [-0.2, 0) is 16.6 Å².